The first-order valence-corrected chi connectivity index (χ1v) is 8.09. The van der Waals surface area contributed by atoms with Gasteiger partial charge in [-0.3, -0.25) is 0 Å². The SMILES string of the molecule is c1ccc(Cc2cc3ccc4cccc5ccc(c2)c3c45)cc1. The molecule has 0 aliphatic heterocycles. The van der Waals surface area contributed by atoms with E-state index in [1.54, 1.807) is 0 Å². The van der Waals surface area contributed by atoms with Gasteiger partial charge in [-0.05, 0) is 49.9 Å². The van der Waals surface area contributed by atoms with Crippen LogP contribution in [0.25, 0.3) is 32.3 Å². The van der Waals surface area contributed by atoms with Crippen LogP contribution < -0.4 is 0 Å². The topological polar surface area (TPSA) is 0 Å². The molecule has 0 atom stereocenters. The fourth-order valence-corrected chi connectivity index (χ4v) is 3.75. The molecule has 108 valence electrons. The summed E-state index contributed by atoms with van der Waals surface area (Å²) in [5.74, 6) is 0. The summed E-state index contributed by atoms with van der Waals surface area (Å²) in [6.45, 7) is 0. The summed E-state index contributed by atoms with van der Waals surface area (Å²) in [6, 6.07) is 31.0. The van der Waals surface area contributed by atoms with Crippen LogP contribution in [0.15, 0.2) is 84.9 Å². The van der Waals surface area contributed by atoms with Crippen LogP contribution in [-0.2, 0) is 6.42 Å². The summed E-state index contributed by atoms with van der Waals surface area (Å²) < 4.78 is 0. The van der Waals surface area contributed by atoms with Gasteiger partial charge < -0.3 is 0 Å². The van der Waals surface area contributed by atoms with Gasteiger partial charge in [0, 0.05) is 0 Å². The van der Waals surface area contributed by atoms with Crippen molar-refractivity contribution in [3.8, 4) is 0 Å². The van der Waals surface area contributed by atoms with Crippen LogP contribution >= 0.6 is 0 Å². The van der Waals surface area contributed by atoms with Gasteiger partial charge in [0.1, 0.15) is 0 Å². The molecule has 0 spiro atoms. The third kappa shape index (κ3) is 1.99. The molecule has 0 heterocycles. The molecule has 0 aromatic heterocycles. The third-order valence-corrected chi connectivity index (χ3v) is 4.77. The van der Waals surface area contributed by atoms with E-state index in [9.17, 15) is 0 Å². The standard InChI is InChI=1S/C23H16/c1-2-5-16(6-3-1)13-17-14-20-11-9-18-7-4-8-19-10-12-21(15-17)23(20)22(18)19/h1-12,14-15H,13H2. The van der Waals surface area contributed by atoms with Crippen molar-refractivity contribution < 1.29 is 0 Å². The molecule has 0 N–H and O–H groups in total. The normalized spacial score (nSPS) is 11.7. The van der Waals surface area contributed by atoms with E-state index in [1.807, 2.05) is 0 Å². The largest absolute Gasteiger partial charge is 0.0622 e. The zero-order valence-corrected chi connectivity index (χ0v) is 12.8. The molecule has 0 aliphatic carbocycles. The van der Waals surface area contributed by atoms with Crippen molar-refractivity contribution in [2.45, 2.75) is 6.42 Å². The monoisotopic (exact) mass is 292 g/mol. The molecule has 0 amide bonds. The minimum absolute atomic E-state index is 0.983. The van der Waals surface area contributed by atoms with Gasteiger partial charge in [0.15, 0.2) is 0 Å². The first kappa shape index (κ1) is 12.7. The average molecular weight is 292 g/mol. The zero-order chi connectivity index (χ0) is 15.2. The lowest BCUT2D eigenvalue weighted by atomic mass is 9.91. The van der Waals surface area contributed by atoms with E-state index in [-0.39, 0.29) is 0 Å². The second kappa shape index (κ2) is 4.82. The number of rotatable bonds is 2. The first-order valence-electron chi connectivity index (χ1n) is 8.09. The molecule has 0 bridgehead atoms. The van der Waals surface area contributed by atoms with Gasteiger partial charge in [-0.25, -0.2) is 0 Å². The second-order valence-corrected chi connectivity index (χ2v) is 6.29. The van der Waals surface area contributed by atoms with Gasteiger partial charge in [-0.15, -0.1) is 0 Å². The maximum absolute atomic E-state index is 2.35. The van der Waals surface area contributed by atoms with Gasteiger partial charge >= 0.3 is 0 Å². The highest BCUT2D eigenvalue weighted by Crippen LogP contribution is 2.35. The Morgan fingerprint density at radius 3 is 1.65 bits per heavy atom. The van der Waals surface area contributed by atoms with E-state index < -0.39 is 0 Å². The van der Waals surface area contributed by atoms with Crippen molar-refractivity contribution in [3.63, 3.8) is 0 Å². The van der Waals surface area contributed by atoms with Crippen molar-refractivity contribution in [2.75, 3.05) is 0 Å². The summed E-state index contributed by atoms with van der Waals surface area (Å²) in [6.07, 6.45) is 0.983. The first-order chi connectivity index (χ1) is 11.4. The van der Waals surface area contributed by atoms with Crippen LogP contribution in [0.4, 0.5) is 0 Å². The molecular formula is C23H16. The summed E-state index contributed by atoms with van der Waals surface area (Å²) in [5, 5.41) is 8.15. The zero-order valence-electron chi connectivity index (χ0n) is 12.8. The molecule has 5 aromatic carbocycles. The van der Waals surface area contributed by atoms with Crippen LogP contribution in [0.3, 0.4) is 0 Å². The van der Waals surface area contributed by atoms with E-state index in [4.69, 9.17) is 0 Å². The molecule has 23 heavy (non-hydrogen) atoms. The molecule has 0 radical (unpaired) electrons. The van der Waals surface area contributed by atoms with Crippen molar-refractivity contribution >= 4 is 32.3 Å². The summed E-state index contributed by atoms with van der Waals surface area (Å²) in [5.41, 5.74) is 2.74. The Hall–Kier alpha value is -2.86. The predicted molar refractivity (Wildman–Crippen MR) is 99.4 cm³/mol. The Labute approximate surface area is 135 Å². The van der Waals surface area contributed by atoms with E-state index >= 15 is 0 Å². The van der Waals surface area contributed by atoms with Crippen LogP contribution in [0.5, 0.6) is 0 Å². The smallest absolute Gasteiger partial charge is 0.00253 e. The van der Waals surface area contributed by atoms with Gasteiger partial charge in [0.25, 0.3) is 0 Å². The molecule has 0 heteroatoms. The fourth-order valence-electron chi connectivity index (χ4n) is 3.75. The lowest BCUT2D eigenvalue weighted by molar-refractivity contribution is 1.20. The Morgan fingerprint density at radius 2 is 1.00 bits per heavy atom. The highest BCUT2D eigenvalue weighted by atomic mass is 14.1. The maximum Gasteiger partial charge on any atom is -0.00253 e. The fraction of sp³-hybridized carbons (Fsp3) is 0.0435. The van der Waals surface area contributed by atoms with E-state index in [2.05, 4.69) is 84.9 Å². The van der Waals surface area contributed by atoms with Crippen LogP contribution in [-0.4, -0.2) is 0 Å². The van der Waals surface area contributed by atoms with E-state index in [0.29, 0.717) is 0 Å². The van der Waals surface area contributed by atoms with Crippen molar-refractivity contribution in [1.29, 1.82) is 0 Å². The average Bonchev–Trinajstić information content (AvgIpc) is 2.60. The Morgan fingerprint density at radius 1 is 0.435 bits per heavy atom. The Bertz CT molecular complexity index is 1060. The molecule has 0 fully saturated rings. The molecule has 5 aromatic rings. The summed E-state index contributed by atoms with van der Waals surface area (Å²) in [7, 11) is 0. The molecular weight excluding hydrogens is 276 g/mol. The van der Waals surface area contributed by atoms with Crippen LogP contribution in [0, 0.1) is 0 Å². The van der Waals surface area contributed by atoms with Crippen LogP contribution in [0.2, 0.25) is 0 Å². The van der Waals surface area contributed by atoms with E-state index in [0.717, 1.165) is 6.42 Å². The number of benzene rings is 5. The molecule has 0 unspecified atom stereocenters. The highest BCUT2D eigenvalue weighted by Gasteiger charge is 2.09. The Kier molecular flexibility index (Phi) is 2.65. The van der Waals surface area contributed by atoms with Gasteiger partial charge in [0.2, 0.25) is 0 Å². The second-order valence-electron chi connectivity index (χ2n) is 6.29. The lowest BCUT2D eigenvalue weighted by Crippen LogP contribution is -1.90. The molecule has 5 rings (SSSR count). The summed E-state index contributed by atoms with van der Waals surface area (Å²) in [4.78, 5) is 0. The summed E-state index contributed by atoms with van der Waals surface area (Å²) >= 11 is 0. The molecule has 0 aliphatic rings. The minimum atomic E-state index is 0.983. The van der Waals surface area contributed by atoms with Gasteiger partial charge in [-0.1, -0.05) is 84.9 Å². The van der Waals surface area contributed by atoms with Crippen LogP contribution in [0.1, 0.15) is 11.1 Å². The highest BCUT2D eigenvalue weighted by molar-refractivity contribution is 6.23. The van der Waals surface area contributed by atoms with Crippen molar-refractivity contribution in [2.24, 2.45) is 0 Å². The van der Waals surface area contributed by atoms with Crippen molar-refractivity contribution in [1.82, 2.24) is 0 Å². The number of hydrogen-bond donors (Lipinski definition) is 0. The molecule has 0 saturated heterocycles. The quantitative estimate of drug-likeness (QED) is 0.341. The number of hydrogen-bond acceptors (Lipinski definition) is 0. The van der Waals surface area contributed by atoms with Crippen molar-refractivity contribution in [3.05, 3.63) is 96.1 Å². The lowest BCUT2D eigenvalue weighted by Gasteiger charge is -2.12. The van der Waals surface area contributed by atoms with Gasteiger partial charge in [0.05, 0.1) is 0 Å². The van der Waals surface area contributed by atoms with E-state index in [1.165, 1.54) is 43.4 Å². The molecule has 0 nitrogen and oxygen atoms in total. The Balaban J connectivity index is 1.78. The minimum Gasteiger partial charge on any atom is -0.0622 e. The third-order valence-electron chi connectivity index (χ3n) is 4.77. The maximum atomic E-state index is 2.35. The van der Waals surface area contributed by atoms with Gasteiger partial charge in [-0.2, -0.15) is 0 Å². The predicted octanol–water partition coefficient (Wildman–Crippen LogP) is 6.17. The molecule has 0 saturated carbocycles.